The van der Waals surface area contributed by atoms with Gasteiger partial charge in [-0.15, -0.1) is 0 Å². The maximum absolute atomic E-state index is 12.9. The third kappa shape index (κ3) is 3.11. The topological polar surface area (TPSA) is 69.3 Å². The van der Waals surface area contributed by atoms with Crippen molar-refractivity contribution in [2.45, 2.75) is 39.5 Å². The van der Waals surface area contributed by atoms with Gasteiger partial charge in [0, 0.05) is 35.4 Å². The summed E-state index contributed by atoms with van der Waals surface area (Å²) in [5, 5.41) is 12.2. The van der Waals surface area contributed by atoms with Crippen molar-refractivity contribution in [3.05, 3.63) is 63.7 Å². The smallest absolute Gasteiger partial charge is 0.261 e. The molecule has 148 valence electrons. The van der Waals surface area contributed by atoms with Crippen LogP contribution in [-0.2, 0) is 12.8 Å². The Morgan fingerprint density at radius 3 is 2.52 bits per heavy atom. The fraction of sp³-hybridized carbons (Fsp3) is 0.333. The average Bonchev–Trinajstić information content (AvgIpc) is 2.67. The van der Waals surface area contributed by atoms with Crippen LogP contribution >= 0.6 is 0 Å². The monoisotopic (exact) mass is 387 g/mol. The Hall–Kier alpha value is -3.08. The van der Waals surface area contributed by atoms with Crippen LogP contribution in [0.3, 0.4) is 0 Å². The van der Waals surface area contributed by atoms with Crippen LogP contribution in [0.5, 0.6) is 0 Å². The maximum atomic E-state index is 12.9. The predicted octanol–water partition coefficient (Wildman–Crippen LogP) is 4.48. The van der Waals surface area contributed by atoms with Crippen LogP contribution in [0.4, 0.5) is 11.4 Å². The summed E-state index contributed by atoms with van der Waals surface area (Å²) in [7, 11) is 0. The number of nitrogens with zero attached hydrogens (tertiary/aromatic N) is 1. The highest BCUT2D eigenvalue weighted by Gasteiger charge is 2.27. The van der Waals surface area contributed by atoms with Gasteiger partial charge in [-0.3, -0.25) is 10.2 Å². The maximum Gasteiger partial charge on any atom is 0.261 e. The molecule has 0 saturated heterocycles. The van der Waals surface area contributed by atoms with Crippen LogP contribution in [0.15, 0.2) is 34.7 Å². The molecule has 2 aliphatic heterocycles. The van der Waals surface area contributed by atoms with E-state index in [0.29, 0.717) is 0 Å². The Labute approximate surface area is 169 Å². The van der Waals surface area contributed by atoms with Crippen LogP contribution in [0.25, 0.3) is 11.0 Å². The third-order valence-corrected chi connectivity index (χ3v) is 5.97. The number of rotatable bonds is 2. The van der Waals surface area contributed by atoms with E-state index in [1.54, 1.807) is 0 Å². The quantitative estimate of drug-likeness (QED) is 0.681. The van der Waals surface area contributed by atoms with Gasteiger partial charge in [-0.2, -0.15) is 0 Å². The zero-order chi connectivity index (χ0) is 20.1. The van der Waals surface area contributed by atoms with Gasteiger partial charge in [0.15, 0.2) is 0 Å². The van der Waals surface area contributed by atoms with E-state index in [0.717, 1.165) is 66.6 Å². The molecule has 0 atom stereocenters. The minimum Gasteiger partial charge on any atom is -0.438 e. The highest BCUT2D eigenvalue weighted by Crippen LogP contribution is 2.39. The van der Waals surface area contributed by atoms with Gasteiger partial charge in [-0.05, 0) is 80.5 Å². The predicted molar refractivity (Wildman–Crippen MR) is 115 cm³/mol. The second-order valence-electron chi connectivity index (χ2n) is 8.30. The van der Waals surface area contributed by atoms with Crippen LogP contribution < -0.4 is 15.8 Å². The number of benzene rings is 2. The minimum atomic E-state index is -0.307. The number of carbonyl (C=O) groups is 1. The van der Waals surface area contributed by atoms with E-state index in [1.165, 1.54) is 16.8 Å². The summed E-state index contributed by atoms with van der Waals surface area (Å²) in [6.07, 6.45) is 4.28. The fourth-order valence-corrected chi connectivity index (χ4v) is 4.88. The van der Waals surface area contributed by atoms with Crippen molar-refractivity contribution in [1.29, 1.82) is 5.41 Å². The van der Waals surface area contributed by atoms with Crippen molar-refractivity contribution < 1.29 is 9.21 Å². The van der Waals surface area contributed by atoms with E-state index in [2.05, 4.69) is 22.3 Å². The number of nitrogens with one attached hydrogen (secondary N) is 2. The molecule has 2 N–H and O–H groups in total. The molecule has 5 nitrogen and oxygen atoms in total. The molecule has 29 heavy (non-hydrogen) atoms. The van der Waals surface area contributed by atoms with Gasteiger partial charge in [-0.25, -0.2) is 0 Å². The highest BCUT2D eigenvalue weighted by atomic mass is 16.3. The van der Waals surface area contributed by atoms with Gasteiger partial charge < -0.3 is 14.6 Å². The molecule has 0 radical (unpaired) electrons. The van der Waals surface area contributed by atoms with Crippen molar-refractivity contribution in [1.82, 2.24) is 0 Å². The summed E-state index contributed by atoms with van der Waals surface area (Å²) in [4.78, 5) is 15.4. The number of aryl methyl sites for hydroxylation is 4. The summed E-state index contributed by atoms with van der Waals surface area (Å²) in [6.45, 7) is 6.19. The molecule has 5 rings (SSSR count). The zero-order valence-corrected chi connectivity index (χ0v) is 16.9. The number of carbonyl (C=O) groups excluding carboxylic acids is 1. The second kappa shape index (κ2) is 6.76. The lowest BCUT2D eigenvalue weighted by atomic mass is 9.90. The Morgan fingerprint density at radius 1 is 1.03 bits per heavy atom. The molecule has 0 bridgehead atoms. The molecule has 0 fully saturated rings. The largest absolute Gasteiger partial charge is 0.438 e. The molecule has 5 heteroatoms. The normalized spacial score (nSPS) is 15.3. The molecule has 0 saturated carbocycles. The molecular weight excluding hydrogens is 362 g/mol. The molecule has 2 aliphatic rings. The number of hydrogen-bond donors (Lipinski definition) is 2. The van der Waals surface area contributed by atoms with Crippen LogP contribution in [0, 0.1) is 19.3 Å². The van der Waals surface area contributed by atoms with Crippen LogP contribution in [0.2, 0.25) is 0 Å². The van der Waals surface area contributed by atoms with Crippen molar-refractivity contribution in [3.63, 3.8) is 0 Å². The first-order chi connectivity index (χ1) is 14.0. The standard InChI is InChI=1S/C24H25N3O2/c1-14-9-15(2)11-18(10-14)26-24(28)20-13-17-12-16-5-3-7-27-8-4-6-19(21(16)27)22(17)29-23(20)25/h9-13,25H,3-8H2,1-2H3,(H,26,28). The zero-order valence-electron chi connectivity index (χ0n) is 16.9. The lowest BCUT2D eigenvalue weighted by Gasteiger charge is -2.37. The van der Waals surface area contributed by atoms with Crippen molar-refractivity contribution >= 4 is 28.3 Å². The molecular formula is C24H25N3O2. The Morgan fingerprint density at radius 2 is 1.76 bits per heavy atom. The molecule has 0 unspecified atom stereocenters. The van der Waals surface area contributed by atoms with Crippen LogP contribution in [-0.4, -0.2) is 19.0 Å². The number of hydrogen-bond acceptors (Lipinski definition) is 4. The average molecular weight is 387 g/mol. The van der Waals surface area contributed by atoms with E-state index in [9.17, 15) is 4.79 Å². The molecule has 1 aromatic heterocycles. The molecule has 0 spiro atoms. The number of amides is 1. The number of fused-ring (bicyclic) bond motifs is 2. The molecule has 1 amide bonds. The molecule has 3 heterocycles. The molecule has 3 aromatic rings. The van der Waals surface area contributed by atoms with Gasteiger partial charge >= 0.3 is 0 Å². The SMILES string of the molecule is Cc1cc(C)cc(NC(=O)c2cc3cc4c5c(c3oc2=N)CCCN5CCC4)c1. The highest BCUT2D eigenvalue weighted by molar-refractivity contribution is 6.06. The first-order valence-electron chi connectivity index (χ1n) is 10.3. The second-order valence-corrected chi connectivity index (χ2v) is 8.30. The minimum absolute atomic E-state index is 0.0801. The van der Waals surface area contributed by atoms with Crippen molar-refractivity contribution in [2.75, 3.05) is 23.3 Å². The van der Waals surface area contributed by atoms with Gasteiger partial charge in [0.25, 0.3) is 5.91 Å². The molecule has 0 aliphatic carbocycles. The summed E-state index contributed by atoms with van der Waals surface area (Å²) in [5.74, 6) is -0.307. The van der Waals surface area contributed by atoms with Gasteiger partial charge in [0.2, 0.25) is 5.55 Å². The first-order valence-corrected chi connectivity index (χ1v) is 10.3. The summed E-state index contributed by atoms with van der Waals surface area (Å²) in [5.41, 5.74) is 7.73. The van der Waals surface area contributed by atoms with Crippen molar-refractivity contribution in [2.24, 2.45) is 0 Å². The lowest BCUT2D eigenvalue weighted by molar-refractivity contribution is 0.102. The van der Waals surface area contributed by atoms with Crippen LogP contribution in [0.1, 0.15) is 45.5 Å². The first kappa shape index (κ1) is 18.0. The molecule has 2 aromatic carbocycles. The summed E-state index contributed by atoms with van der Waals surface area (Å²) >= 11 is 0. The van der Waals surface area contributed by atoms with E-state index in [4.69, 9.17) is 9.83 Å². The third-order valence-electron chi connectivity index (χ3n) is 5.97. The summed E-state index contributed by atoms with van der Waals surface area (Å²) in [6, 6.07) is 9.91. The fourth-order valence-electron chi connectivity index (χ4n) is 4.88. The summed E-state index contributed by atoms with van der Waals surface area (Å²) < 4.78 is 5.95. The van der Waals surface area contributed by atoms with E-state index in [1.807, 2.05) is 32.0 Å². The van der Waals surface area contributed by atoms with E-state index >= 15 is 0 Å². The van der Waals surface area contributed by atoms with Gasteiger partial charge in [-0.1, -0.05) is 6.07 Å². The van der Waals surface area contributed by atoms with Gasteiger partial charge in [0.1, 0.15) is 11.1 Å². The van der Waals surface area contributed by atoms with Gasteiger partial charge in [0.05, 0.1) is 0 Å². The van der Waals surface area contributed by atoms with E-state index < -0.39 is 0 Å². The number of anilines is 2. The Bertz CT molecular complexity index is 1190. The Balaban J connectivity index is 1.59. The van der Waals surface area contributed by atoms with Crippen molar-refractivity contribution in [3.8, 4) is 0 Å². The lowest BCUT2D eigenvalue weighted by Crippen LogP contribution is -2.34. The van der Waals surface area contributed by atoms with E-state index in [-0.39, 0.29) is 17.0 Å². The Kier molecular flexibility index (Phi) is 4.19.